The summed E-state index contributed by atoms with van der Waals surface area (Å²) in [7, 11) is -4.07. The molecule has 0 radical (unpaired) electrons. The average Bonchev–Trinajstić information content (AvgIpc) is 2.93. The molecule has 0 unspecified atom stereocenters. The Bertz CT molecular complexity index is 1330. The van der Waals surface area contributed by atoms with Gasteiger partial charge in [0.2, 0.25) is 11.8 Å². The van der Waals surface area contributed by atoms with Gasteiger partial charge in [-0.05, 0) is 54.2 Å². The fourth-order valence-electron chi connectivity index (χ4n) is 4.09. The summed E-state index contributed by atoms with van der Waals surface area (Å²) in [5, 5.41) is 2.90. The maximum absolute atomic E-state index is 13.9. The number of sulfonamides is 1. The number of nitrogens with one attached hydrogen (secondary N) is 1. The van der Waals surface area contributed by atoms with Gasteiger partial charge in [-0.2, -0.15) is 0 Å². The van der Waals surface area contributed by atoms with Gasteiger partial charge < -0.3 is 10.2 Å². The zero-order chi connectivity index (χ0) is 28.6. The zero-order valence-corrected chi connectivity index (χ0v) is 24.2. The van der Waals surface area contributed by atoms with Gasteiger partial charge >= 0.3 is 0 Å². The number of carbonyl (C=O) groups excluding carboxylic acids is 2. The van der Waals surface area contributed by atoms with Gasteiger partial charge in [0.15, 0.2) is 0 Å². The first-order chi connectivity index (χ1) is 18.5. The van der Waals surface area contributed by atoms with Gasteiger partial charge in [-0.15, -0.1) is 0 Å². The van der Waals surface area contributed by atoms with Crippen LogP contribution in [0.5, 0.6) is 0 Å². The number of benzene rings is 3. The van der Waals surface area contributed by atoms with E-state index in [9.17, 15) is 18.0 Å². The second kappa shape index (κ2) is 13.4. The Balaban J connectivity index is 2.00. The minimum atomic E-state index is -4.07. The van der Waals surface area contributed by atoms with E-state index in [1.165, 1.54) is 17.0 Å². The summed E-state index contributed by atoms with van der Waals surface area (Å²) in [6.07, 6.45) is 0. The molecule has 3 aromatic carbocycles. The van der Waals surface area contributed by atoms with E-state index in [2.05, 4.69) is 19.2 Å². The van der Waals surface area contributed by atoms with E-state index >= 15 is 0 Å². The Morgan fingerprint density at radius 3 is 1.90 bits per heavy atom. The molecule has 3 rings (SSSR count). The van der Waals surface area contributed by atoms with Crippen LogP contribution in [0.15, 0.2) is 89.8 Å². The quantitative estimate of drug-likeness (QED) is 0.337. The molecule has 0 saturated heterocycles. The van der Waals surface area contributed by atoms with E-state index < -0.39 is 28.5 Å². The Morgan fingerprint density at radius 1 is 0.795 bits per heavy atom. The van der Waals surface area contributed by atoms with E-state index in [4.69, 9.17) is 0 Å². The minimum absolute atomic E-state index is 0.0862. The van der Waals surface area contributed by atoms with Crippen LogP contribution in [0, 0.1) is 5.92 Å². The van der Waals surface area contributed by atoms with Gasteiger partial charge in [0.1, 0.15) is 12.6 Å². The predicted octanol–water partition coefficient (Wildman–Crippen LogP) is 5.19. The molecule has 0 aliphatic heterocycles. The maximum Gasteiger partial charge on any atom is 0.264 e. The molecule has 1 N–H and O–H groups in total. The molecule has 7 nitrogen and oxygen atoms in total. The molecule has 0 aliphatic rings. The van der Waals surface area contributed by atoms with Crippen LogP contribution in [-0.4, -0.2) is 44.3 Å². The lowest BCUT2D eigenvalue weighted by Crippen LogP contribution is -2.51. The van der Waals surface area contributed by atoms with Gasteiger partial charge in [-0.1, -0.05) is 88.4 Å². The summed E-state index contributed by atoms with van der Waals surface area (Å²) in [4.78, 5) is 28.5. The third-order valence-corrected chi connectivity index (χ3v) is 8.29. The standard InChI is InChI=1S/C31H39N3O4S/c1-23(2)20-32-31(36)25(5)33(21-26-12-8-6-9-13-26)30(35)22-34(28-18-16-27(17-19-28)24(3)4)39(37,38)29-14-10-7-11-15-29/h6-19,23-25H,20-22H2,1-5H3,(H,32,36)/t25-/m1/s1. The number of amides is 2. The number of anilines is 1. The monoisotopic (exact) mass is 549 g/mol. The van der Waals surface area contributed by atoms with Crippen LogP contribution in [0.3, 0.4) is 0 Å². The van der Waals surface area contributed by atoms with Gasteiger partial charge in [0, 0.05) is 13.1 Å². The summed E-state index contributed by atoms with van der Waals surface area (Å²) in [6, 6.07) is 23.8. The fraction of sp³-hybridized carbons (Fsp3) is 0.355. The van der Waals surface area contributed by atoms with Crippen molar-refractivity contribution in [2.75, 3.05) is 17.4 Å². The predicted molar refractivity (Wildman–Crippen MR) is 156 cm³/mol. The van der Waals surface area contributed by atoms with E-state index in [1.807, 2.05) is 56.3 Å². The van der Waals surface area contributed by atoms with Crippen molar-refractivity contribution in [3.05, 3.63) is 96.1 Å². The molecule has 0 heterocycles. The van der Waals surface area contributed by atoms with Crippen molar-refractivity contribution in [3.8, 4) is 0 Å². The lowest BCUT2D eigenvalue weighted by Gasteiger charge is -2.32. The van der Waals surface area contributed by atoms with Gasteiger partial charge in [-0.25, -0.2) is 8.42 Å². The summed E-state index contributed by atoms with van der Waals surface area (Å²) in [5.74, 6) is -0.239. The van der Waals surface area contributed by atoms with Crippen LogP contribution in [-0.2, 0) is 26.2 Å². The van der Waals surface area contributed by atoms with E-state index in [0.717, 1.165) is 15.4 Å². The molecule has 0 spiro atoms. The summed E-state index contributed by atoms with van der Waals surface area (Å²) < 4.78 is 28.8. The van der Waals surface area contributed by atoms with E-state index in [0.29, 0.717) is 12.2 Å². The Labute approximate surface area is 232 Å². The summed E-state index contributed by atoms with van der Waals surface area (Å²) in [5.41, 5.74) is 2.28. The normalized spacial score (nSPS) is 12.3. The third-order valence-electron chi connectivity index (χ3n) is 6.51. The first kappa shape index (κ1) is 29.9. The maximum atomic E-state index is 13.9. The number of nitrogens with zero attached hydrogens (tertiary/aromatic N) is 2. The molecule has 0 fully saturated rings. The molecule has 208 valence electrons. The van der Waals surface area contributed by atoms with Crippen LogP contribution in [0.4, 0.5) is 5.69 Å². The van der Waals surface area contributed by atoms with Crippen molar-refractivity contribution in [2.24, 2.45) is 5.92 Å². The SMILES string of the molecule is CC(C)CNC(=O)[C@@H](C)N(Cc1ccccc1)C(=O)CN(c1ccc(C(C)C)cc1)S(=O)(=O)c1ccccc1. The smallest absolute Gasteiger partial charge is 0.264 e. The summed E-state index contributed by atoms with van der Waals surface area (Å²) in [6.45, 7) is 9.98. The highest BCUT2D eigenvalue weighted by atomic mass is 32.2. The van der Waals surface area contributed by atoms with Crippen molar-refractivity contribution >= 4 is 27.5 Å². The minimum Gasteiger partial charge on any atom is -0.354 e. The molecule has 2 amide bonds. The van der Waals surface area contributed by atoms with Crippen molar-refractivity contribution in [2.45, 2.75) is 58.0 Å². The second-order valence-electron chi connectivity index (χ2n) is 10.4. The zero-order valence-electron chi connectivity index (χ0n) is 23.4. The Kier molecular flexibility index (Phi) is 10.3. The molecule has 0 saturated carbocycles. The third kappa shape index (κ3) is 7.93. The largest absolute Gasteiger partial charge is 0.354 e. The second-order valence-corrected chi connectivity index (χ2v) is 12.3. The van der Waals surface area contributed by atoms with Crippen LogP contribution >= 0.6 is 0 Å². The van der Waals surface area contributed by atoms with E-state index in [1.54, 1.807) is 37.3 Å². The van der Waals surface area contributed by atoms with Crippen LogP contribution in [0.1, 0.15) is 51.7 Å². The number of carbonyl (C=O) groups is 2. The average molecular weight is 550 g/mol. The highest BCUT2D eigenvalue weighted by Gasteiger charge is 2.32. The van der Waals surface area contributed by atoms with Gasteiger partial charge in [0.25, 0.3) is 10.0 Å². The molecule has 8 heteroatoms. The number of hydrogen-bond donors (Lipinski definition) is 1. The molecule has 3 aromatic rings. The summed E-state index contributed by atoms with van der Waals surface area (Å²) >= 11 is 0. The van der Waals surface area contributed by atoms with Crippen LogP contribution in [0.2, 0.25) is 0 Å². The lowest BCUT2D eigenvalue weighted by molar-refractivity contribution is -0.139. The first-order valence-electron chi connectivity index (χ1n) is 13.3. The molecule has 0 aromatic heterocycles. The molecule has 39 heavy (non-hydrogen) atoms. The first-order valence-corrected chi connectivity index (χ1v) is 14.7. The van der Waals surface area contributed by atoms with Crippen LogP contribution < -0.4 is 9.62 Å². The molecule has 1 atom stereocenters. The Morgan fingerprint density at radius 2 is 1.36 bits per heavy atom. The van der Waals surface area contributed by atoms with Gasteiger partial charge in [0.05, 0.1) is 10.6 Å². The van der Waals surface area contributed by atoms with Crippen molar-refractivity contribution in [3.63, 3.8) is 0 Å². The van der Waals surface area contributed by atoms with Crippen molar-refractivity contribution in [1.29, 1.82) is 0 Å². The highest BCUT2D eigenvalue weighted by molar-refractivity contribution is 7.92. The molecule has 0 bridgehead atoms. The molecule has 0 aliphatic carbocycles. The van der Waals surface area contributed by atoms with Gasteiger partial charge in [-0.3, -0.25) is 13.9 Å². The fourth-order valence-corrected chi connectivity index (χ4v) is 5.52. The number of hydrogen-bond acceptors (Lipinski definition) is 4. The Hall–Kier alpha value is -3.65. The highest BCUT2D eigenvalue weighted by Crippen LogP contribution is 2.26. The lowest BCUT2D eigenvalue weighted by atomic mass is 10.0. The van der Waals surface area contributed by atoms with Crippen molar-refractivity contribution in [1.82, 2.24) is 10.2 Å². The number of rotatable bonds is 12. The van der Waals surface area contributed by atoms with Crippen molar-refractivity contribution < 1.29 is 18.0 Å². The van der Waals surface area contributed by atoms with E-state index in [-0.39, 0.29) is 29.2 Å². The molecular weight excluding hydrogens is 510 g/mol. The molecular formula is C31H39N3O4S. The van der Waals surface area contributed by atoms with Crippen LogP contribution in [0.25, 0.3) is 0 Å². The topological polar surface area (TPSA) is 86.8 Å².